The Morgan fingerprint density at radius 2 is 0.778 bits per heavy atom. The van der Waals surface area contributed by atoms with Crippen LogP contribution in [0.25, 0.3) is 0 Å². The SMILES string of the molecule is CCCCC/C=C/C/C=C/C/C=C/CCCCCCC(=O)OC[C@H](CO)OC(=O)CCC/C=C/CC/C=C/CCCCCCCCCCCCCCCC. The standard InChI is InChI=1S/C49H86O5/c1-3-5-7-9-11-13-15-17-19-21-22-23-24-25-26-28-30-32-34-36-38-40-42-44-49(52)54-47(45-50)46-53-48(51)43-41-39-37-35-33-31-29-27-20-18-16-14-12-10-8-6-4-2/h12,14,18,20,28-31,36,38,47,50H,3-11,13,15-17,19,21-27,32-35,37,39-46H2,1-2H3/b14-12+,20-18+,30-28+,31-29+,38-36+/t47-/m0/s1. The summed E-state index contributed by atoms with van der Waals surface area (Å²) in [5.41, 5.74) is 0. The molecule has 0 bridgehead atoms. The molecular weight excluding hydrogens is 669 g/mol. The quantitative estimate of drug-likeness (QED) is 0.0382. The molecule has 0 saturated carbocycles. The van der Waals surface area contributed by atoms with Crippen molar-refractivity contribution < 1.29 is 24.2 Å². The van der Waals surface area contributed by atoms with Gasteiger partial charge in [-0.05, 0) is 83.5 Å². The average molecular weight is 755 g/mol. The maximum absolute atomic E-state index is 12.2. The van der Waals surface area contributed by atoms with Crippen molar-refractivity contribution in [2.45, 2.75) is 225 Å². The van der Waals surface area contributed by atoms with Crippen LogP contribution in [0.2, 0.25) is 0 Å². The largest absolute Gasteiger partial charge is 0.462 e. The zero-order valence-electron chi connectivity index (χ0n) is 35.5. The van der Waals surface area contributed by atoms with Gasteiger partial charge in [0.25, 0.3) is 0 Å². The van der Waals surface area contributed by atoms with E-state index in [0.717, 1.165) is 64.2 Å². The van der Waals surface area contributed by atoms with Crippen LogP contribution in [-0.4, -0.2) is 36.4 Å². The van der Waals surface area contributed by atoms with Gasteiger partial charge in [-0.3, -0.25) is 9.59 Å². The van der Waals surface area contributed by atoms with Crippen molar-refractivity contribution in [1.29, 1.82) is 0 Å². The van der Waals surface area contributed by atoms with Gasteiger partial charge < -0.3 is 14.6 Å². The molecule has 312 valence electrons. The van der Waals surface area contributed by atoms with E-state index in [-0.39, 0.29) is 31.6 Å². The fourth-order valence-corrected chi connectivity index (χ4v) is 6.29. The van der Waals surface area contributed by atoms with E-state index in [0.29, 0.717) is 12.8 Å². The lowest BCUT2D eigenvalue weighted by Gasteiger charge is -2.15. The van der Waals surface area contributed by atoms with Crippen LogP contribution in [0.3, 0.4) is 0 Å². The molecule has 0 saturated heterocycles. The van der Waals surface area contributed by atoms with Crippen molar-refractivity contribution in [1.82, 2.24) is 0 Å². The number of hydrogen-bond acceptors (Lipinski definition) is 5. The predicted octanol–water partition coefficient (Wildman–Crippen LogP) is 14.7. The summed E-state index contributed by atoms with van der Waals surface area (Å²) in [5.74, 6) is -0.665. The molecule has 54 heavy (non-hydrogen) atoms. The Bertz CT molecular complexity index is 946. The number of carbonyl (C=O) groups excluding carboxylic acids is 2. The third kappa shape index (κ3) is 42.3. The second-order valence-corrected chi connectivity index (χ2v) is 15.1. The van der Waals surface area contributed by atoms with E-state index in [1.165, 1.54) is 122 Å². The molecule has 0 aliphatic rings. The van der Waals surface area contributed by atoms with Crippen molar-refractivity contribution in [3.05, 3.63) is 60.8 Å². The Labute approximate surface area is 334 Å². The van der Waals surface area contributed by atoms with E-state index in [2.05, 4.69) is 74.6 Å². The van der Waals surface area contributed by atoms with Crippen LogP contribution in [0.5, 0.6) is 0 Å². The number of ether oxygens (including phenoxy) is 2. The number of aliphatic hydroxyl groups is 1. The maximum atomic E-state index is 12.2. The van der Waals surface area contributed by atoms with Crippen molar-refractivity contribution in [2.75, 3.05) is 13.2 Å². The van der Waals surface area contributed by atoms with Crippen LogP contribution in [0, 0.1) is 0 Å². The number of hydrogen-bond donors (Lipinski definition) is 1. The lowest BCUT2D eigenvalue weighted by Crippen LogP contribution is -2.28. The smallest absolute Gasteiger partial charge is 0.306 e. The van der Waals surface area contributed by atoms with E-state index in [9.17, 15) is 14.7 Å². The highest BCUT2D eigenvalue weighted by molar-refractivity contribution is 5.70. The molecular formula is C49H86O5. The summed E-state index contributed by atoms with van der Waals surface area (Å²) in [4.78, 5) is 24.3. The molecule has 5 nitrogen and oxygen atoms in total. The Morgan fingerprint density at radius 1 is 0.426 bits per heavy atom. The zero-order chi connectivity index (χ0) is 39.3. The summed E-state index contributed by atoms with van der Waals surface area (Å²) in [6, 6.07) is 0. The number of esters is 2. The van der Waals surface area contributed by atoms with Gasteiger partial charge in [-0.1, -0.05) is 184 Å². The van der Waals surface area contributed by atoms with Crippen LogP contribution in [0.1, 0.15) is 219 Å². The van der Waals surface area contributed by atoms with Gasteiger partial charge in [0.1, 0.15) is 6.61 Å². The molecule has 0 aromatic carbocycles. The molecule has 0 fully saturated rings. The fraction of sp³-hybridized carbons (Fsp3) is 0.755. The van der Waals surface area contributed by atoms with E-state index < -0.39 is 6.10 Å². The molecule has 1 atom stereocenters. The first-order valence-corrected chi connectivity index (χ1v) is 22.8. The number of unbranched alkanes of at least 4 members (excludes halogenated alkanes) is 23. The van der Waals surface area contributed by atoms with E-state index >= 15 is 0 Å². The predicted molar refractivity (Wildman–Crippen MR) is 233 cm³/mol. The normalized spacial score (nSPS) is 12.7. The molecule has 0 heterocycles. The molecule has 0 amide bonds. The molecule has 5 heteroatoms. The summed E-state index contributed by atoms with van der Waals surface area (Å²) in [6.07, 6.45) is 58.8. The first kappa shape index (κ1) is 51.6. The van der Waals surface area contributed by atoms with Gasteiger partial charge in [-0.15, -0.1) is 0 Å². The average Bonchev–Trinajstić information content (AvgIpc) is 3.17. The Kier molecular flexibility index (Phi) is 43.0. The zero-order valence-corrected chi connectivity index (χ0v) is 35.5. The van der Waals surface area contributed by atoms with Gasteiger partial charge in [0.15, 0.2) is 6.10 Å². The van der Waals surface area contributed by atoms with E-state index in [1.54, 1.807) is 0 Å². The van der Waals surface area contributed by atoms with Crippen molar-refractivity contribution in [3.63, 3.8) is 0 Å². The van der Waals surface area contributed by atoms with Gasteiger partial charge in [0, 0.05) is 12.8 Å². The summed E-state index contributed by atoms with van der Waals surface area (Å²) in [5, 5.41) is 9.58. The monoisotopic (exact) mass is 755 g/mol. The third-order valence-corrected chi connectivity index (χ3v) is 9.76. The molecule has 0 aliphatic heterocycles. The minimum absolute atomic E-state index is 0.0949. The number of carbonyl (C=O) groups is 2. The van der Waals surface area contributed by atoms with Crippen LogP contribution in [-0.2, 0) is 19.1 Å². The Hall–Kier alpha value is -2.40. The Balaban J connectivity index is 3.61. The molecule has 0 rings (SSSR count). The van der Waals surface area contributed by atoms with Crippen LogP contribution in [0.15, 0.2) is 60.8 Å². The van der Waals surface area contributed by atoms with E-state index in [4.69, 9.17) is 9.47 Å². The molecule has 0 aromatic heterocycles. The lowest BCUT2D eigenvalue weighted by molar-refractivity contribution is -0.161. The lowest BCUT2D eigenvalue weighted by atomic mass is 10.0. The van der Waals surface area contributed by atoms with Crippen molar-refractivity contribution in [2.24, 2.45) is 0 Å². The van der Waals surface area contributed by atoms with Crippen LogP contribution < -0.4 is 0 Å². The van der Waals surface area contributed by atoms with Crippen LogP contribution in [0.4, 0.5) is 0 Å². The number of rotatable bonds is 41. The maximum Gasteiger partial charge on any atom is 0.306 e. The fourth-order valence-electron chi connectivity index (χ4n) is 6.29. The van der Waals surface area contributed by atoms with Gasteiger partial charge in [0.05, 0.1) is 6.61 Å². The van der Waals surface area contributed by atoms with E-state index in [1.807, 2.05) is 0 Å². The minimum atomic E-state index is -0.804. The first-order valence-electron chi connectivity index (χ1n) is 22.8. The Morgan fingerprint density at radius 3 is 1.28 bits per heavy atom. The van der Waals surface area contributed by atoms with Gasteiger partial charge in [-0.2, -0.15) is 0 Å². The second-order valence-electron chi connectivity index (χ2n) is 15.1. The van der Waals surface area contributed by atoms with Gasteiger partial charge >= 0.3 is 11.9 Å². The minimum Gasteiger partial charge on any atom is -0.462 e. The van der Waals surface area contributed by atoms with Crippen molar-refractivity contribution in [3.8, 4) is 0 Å². The van der Waals surface area contributed by atoms with Gasteiger partial charge in [-0.25, -0.2) is 0 Å². The molecule has 1 N–H and O–H groups in total. The van der Waals surface area contributed by atoms with Gasteiger partial charge in [0.2, 0.25) is 0 Å². The summed E-state index contributed by atoms with van der Waals surface area (Å²) >= 11 is 0. The molecule has 0 spiro atoms. The topological polar surface area (TPSA) is 72.8 Å². The second kappa shape index (κ2) is 45.0. The molecule has 0 unspecified atom stereocenters. The highest BCUT2D eigenvalue weighted by atomic mass is 16.6. The molecule has 0 aromatic rings. The highest BCUT2D eigenvalue weighted by Crippen LogP contribution is 2.14. The number of allylic oxidation sites excluding steroid dienone is 10. The summed E-state index contributed by atoms with van der Waals surface area (Å²) in [7, 11) is 0. The molecule has 0 aliphatic carbocycles. The van der Waals surface area contributed by atoms with Crippen molar-refractivity contribution >= 4 is 11.9 Å². The first-order chi connectivity index (χ1) is 26.6. The molecule has 0 radical (unpaired) electrons. The third-order valence-electron chi connectivity index (χ3n) is 9.76. The van der Waals surface area contributed by atoms with Crippen LogP contribution >= 0.6 is 0 Å². The summed E-state index contributed by atoms with van der Waals surface area (Å²) < 4.78 is 10.6. The summed E-state index contributed by atoms with van der Waals surface area (Å²) in [6.45, 7) is 4.07. The number of aliphatic hydroxyl groups excluding tert-OH is 1. The highest BCUT2D eigenvalue weighted by Gasteiger charge is 2.16.